The molecule has 138 valence electrons. The van der Waals surface area contributed by atoms with E-state index in [2.05, 4.69) is 15.0 Å². The van der Waals surface area contributed by atoms with Crippen molar-refractivity contribution in [2.45, 2.75) is 6.42 Å². The lowest BCUT2D eigenvalue weighted by atomic mass is 10.2. The quantitative estimate of drug-likeness (QED) is 0.338. The van der Waals surface area contributed by atoms with Crippen molar-refractivity contribution in [2.24, 2.45) is 10.9 Å². The van der Waals surface area contributed by atoms with Gasteiger partial charge in [-0.25, -0.2) is 4.98 Å². The van der Waals surface area contributed by atoms with Crippen molar-refractivity contribution in [2.75, 3.05) is 39.5 Å². The molecule has 1 aliphatic heterocycles. The minimum Gasteiger partial charge on any atom is -0.438 e. The molecule has 1 aromatic carbocycles. The Kier molecular flexibility index (Phi) is 6.80. The molecule has 1 saturated heterocycles. The summed E-state index contributed by atoms with van der Waals surface area (Å²) in [6.07, 6.45) is 2.54. The molecule has 1 fully saturated rings. The van der Waals surface area contributed by atoms with Gasteiger partial charge in [0.15, 0.2) is 5.84 Å². The molecule has 0 atom stereocenters. The van der Waals surface area contributed by atoms with Crippen LogP contribution in [-0.4, -0.2) is 55.2 Å². The van der Waals surface area contributed by atoms with Gasteiger partial charge in [-0.1, -0.05) is 23.4 Å². The maximum atomic E-state index is 6.05. The maximum absolute atomic E-state index is 6.05. The number of hydrogen-bond acceptors (Lipinski definition) is 6. The van der Waals surface area contributed by atoms with Gasteiger partial charge in [0.05, 0.1) is 18.8 Å². The second-order valence-electron chi connectivity index (χ2n) is 5.89. The van der Waals surface area contributed by atoms with Crippen molar-refractivity contribution in [1.29, 1.82) is 0 Å². The lowest BCUT2D eigenvalue weighted by Crippen LogP contribution is -2.37. The minimum atomic E-state index is 0.246. The van der Waals surface area contributed by atoms with Crippen LogP contribution in [0.3, 0.4) is 0 Å². The summed E-state index contributed by atoms with van der Waals surface area (Å²) in [6.45, 7) is 5.03. The third-order valence-electron chi connectivity index (χ3n) is 3.98. The van der Waals surface area contributed by atoms with Crippen LogP contribution >= 0.6 is 0 Å². The number of morpholine rings is 1. The van der Waals surface area contributed by atoms with Crippen LogP contribution in [-0.2, 0) is 9.57 Å². The van der Waals surface area contributed by atoms with Crippen molar-refractivity contribution in [3.05, 3.63) is 54.2 Å². The standard InChI is InChI=1S/C19H24N4O3/c20-18(22-25-13-5-10-23-11-14-24-15-12-23)17-8-4-9-21-19(17)26-16-6-2-1-3-7-16/h1-4,6-9H,5,10-15H2,(H2,20,22). The summed E-state index contributed by atoms with van der Waals surface area (Å²) in [7, 11) is 0. The third kappa shape index (κ3) is 5.44. The number of nitrogens with zero attached hydrogens (tertiary/aromatic N) is 3. The van der Waals surface area contributed by atoms with Gasteiger partial charge in [-0.2, -0.15) is 0 Å². The van der Waals surface area contributed by atoms with Crippen molar-refractivity contribution in [3.8, 4) is 11.6 Å². The SMILES string of the molecule is NC(=NOCCCN1CCOCC1)c1cccnc1Oc1ccccc1. The molecule has 1 aromatic heterocycles. The highest BCUT2D eigenvalue weighted by Gasteiger charge is 2.11. The predicted octanol–water partition coefficient (Wildman–Crippen LogP) is 2.23. The van der Waals surface area contributed by atoms with Crippen LogP contribution in [0.1, 0.15) is 12.0 Å². The van der Waals surface area contributed by atoms with E-state index in [1.165, 1.54) is 0 Å². The summed E-state index contributed by atoms with van der Waals surface area (Å²) >= 11 is 0. The van der Waals surface area contributed by atoms with Crippen LogP contribution in [0.15, 0.2) is 53.8 Å². The molecular weight excluding hydrogens is 332 g/mol. The molecule has 0 unspecified atom stereocenters. The van der Waals surface area contributed by atoms with Gasteiger partial charge in [-0.05, 0) is 30.7 Å². The largest absolute Gasteiger partial charge is 0.438 e. The molecule has 0 aliphatic carbocycles. The van der Waals surface area contributed by atoms with Gasteiger partial charge >= 0.3 is 0 Å². The van der Waals surface area contributed by atoms with E-state index in [0.717, 1.165) is 39.3 Å². The smallest absolute Gasteiger partial charge is 0.230 e. The molecule has 1 aliphatic rings. The first-order valence-corrected chi connectivity index (χ1v) is 8.77. The number of oxime groups is 1. The number of benzene rings is 1. The van der Waals surface area contributed by atoms with Crippen molar-refractivity contribution < 1.29 is 14.3 Å². The fourth-order valence-electron chi connectivity index (χ4n) is 2.61. The fraction of sp³-hybridized carbons (Fsp3) is 0.368. The zero-order chi connectivity index (χ0) is 18.0. The number of hydrogen-bond donors (Lipinski definition) is 1. The minimum absolute atomic E-state index is 0.246. The average Bonchev–Trinajstić information content (AvgIpc) is 2.69. The Morgan fingerprint density at radius 2 is 1.96 bits per heavy atom. The molecule has 2 heterocycles. The van der Waals surface area contributed by atoms with Crippen LogP contribution in [0.4, 0.5) is 0 Å². The number of amidine groups is 1. The van der Waals surface area contributed by atoms with E-state index in [4.69, 9.17) is 20.0 Å². The summed E-state index contributed by atoms with van der Waals surface area (Å²) in [5, 5.41) is 4.01. The second-order valence-corrected chi connectivity index (χ2v) is 5.89. The van der Waals surface area contributed by atoms with Crippen LogP contribution in [0.2, 0.25) is 0 Å². The molecule has 2 N–H and O–H groups in total. The molecule has 0 amide bonds. The van der Waals surface area contributed by atoms with Crippen molar-refractivity contribution >= 4 is 5.84 Å². The zero-order valence-corrected chi connectivity index (χ0v) is 14.7. The van der Waals surface area contributed by atoms with Gasteiger partial charge in [-0.15, -0.1) is 0 Å². The number of rotatable bonds is 8. The van der Waals surface area contributed by atoms with Gasteiger partial charge in [0.25, 0.3) is 0 Å². The monoisotopic (exact) mass is 356 g/mol. The molecule has 0 saturated carbocycles. The van der Waals surface area contributed by atoms with E-state index in [1.807, 2.05) is 30.3 Å². The second kappa shape index (κ2) is 9.74. The summed E-state index contributed by atoms with van der Waals surface area (Å²) in [4.78, 5) is 12.0. The van der Waals surface area contributed by atoms with E-state index < -0.39 is 0 Å². The summed E-state index contributed by atoms with van der Waals surface area (Å²) < 4.78 is 11.1. The Hall–Kier alpha value is -2.64. The van der Waals surface area contributed by atoms with E-state index in [-0.39, 0.29) is 5.84 Å². The molecule has 0 radical (unpaired) electrons. The molecule has 3 rings (SSSR count). The van der Waals surface area contributed by atoms with Gasteiger partial charge in [0, 0.05) is 25.8 Å². The van der Waals surface area contributed by atoms with Crippen LogP contribution in [0, 0.1) is 0 Å². The predicted molar refractivity (Wildman–Crippen MR) is 99.3 cm³/mol. The van der Waals surface area contributed by atoms with Crippen LogP contribution < -0.4 is 10.5 Å². The summed E-state index contributed by atoms with van der Waals surface area (Å²) in [5.74, 6) is 1.33. The number of ether oxygens (including phenoxy) is 2. The Morgan fingerprint density at radius 3 is 2.77 bits per heavy atom. The van der Waals surface area contributed by atoms with Crippen molar-refractivity contribution in [1.82, 2.24) is 9.88 Å². The highest BCUT2D eigenvalue weighted by molar-refractivity contribution is 5.99. The molecule has 2 aromatic rings. The van der Waals surface area contributed by atoms with Crippen molar-refractivity contribution in [3.63, 3.8) is 0 Å². The normalized spacial score (nSPS) is 15.6. The Morgan fingerprint density at radius 1 is 1.15 bits per heavy atom. The Balaban J connectivity index is 1.52. The molecule has 26 heavy (non-hydrogen) atoms. The lowest BCUT2D eigenvalue weighted by molar-refractivity contribution is 0.0323. The van der Waals surface area contributed by atoms with Gasteiger partial charge in [0.2, 0.25) is 5.88 Å². The summed E-state index contributed by atoms with van der Waals surface area (Å²) in [5.41, 5.74) is 6.65. The first-order valence-electron chi connectivity index (χ1n) is 8.77. The van der Waals surface area contributed by atoms with Crippen LogP contribution in [0.25, 0.3) is 0 Å². The number of aromatic nitrogens is 1. The van der Waals surface area contributed by atoms with Gasteiger partial charge in [-0.3, -0.25) is 4.90 Å². The average molecular weight is 356 g/mol. The van der Waals surface area contributed by atoms with E-state index >= 15 is 0 Å². The van der Waals surface area contributed by atoms with Crippen LogP contribution in [0.5, 0.6) is 11.6 Å². The Labute approximate surface area is 153 Å². The molecular formula is C19H24N4O3. The topological polar surface area (TPSA) is 82.2 Å². The zero-order valence-electron chi connectivity index (χ0n) is 14.7. The van der Waals surface area contributed by atoms with E-state index in [9.17, 15) is 0 Å². The van der Waals surface area contributed by atoms with E-state index in [1.54, 1.807) is 18.3 Å². The Bertz CT molecular complexity index is 703. The summed E-state index contributed by atoms with van der Waals surface area (Å²) in [6, 6.07) is 13.0. The number of pyridine rings is 1. The highest BCUT2D eigenvalue weighted by atomic mass is 16.6. The molecule has 0 bridgehead atoms. The number of para-hydroxylation sites is 1. The third-order valence-corrected chi connectivity index (χ3v) is 3.98. The molecule has 0 spiro atoms. The first kappa shape index (κ1) is 18.2. The fourth-order valence-corrected chi connectivity index (χ4v) is 2.61. The van der Waals surface area contributed by atoms with Gasteiger partial charge < -0.3 is 20.0 Å². The van der Waals surface area contributed by atoms with E-state index in [0.29, 0.717) is 23.8 Å². The van der Waals surface area contributed by atoms with Gasteiger partial charge in [0.1, 0.15) is 12.4 Å². The first-order chi connectivity index (χ1) is 12.8. The highest BCUT2D eigenvalue weighted by Crippen LogP contribution is 2.22. The number of nitrogens with two attached hydrogens (primary N) is 1. The molecule has 7 heteroatoms. The lowest BCUT2D eigenvalue weighted by Gasteiger charge is -2.26. The maximum Gasteiger partial charge on any atom is 0.230 e. The molecule has 7 nitrogen and oxygen atoms in total.